The quantitative estimate of drug-likeness (QED) is 0.724. The van der Waals surface area contributed by atoms with Crippen molar-refractivity contribution < 1.29 is 0 Å². The minimum Gasteiger partial charge on any atom is -0.241 e. The van der Waals surface area contributed by atoms with Crippen LogP contribution < -0.4 is 0 Å². The van der Waals surface area contributed by atoms with Gasteiger partial charge in [-0.1, -0.05) is 44.2 Å². The zero-order valence-electron chi connectivity index (χ0n) is 11.0. The highest BCUT2D eigenvalue weighted by molar-refractivity contribution is 5.72. The standard InChI is InChI=1S/C15H20N2/c1-5-7-9-13(8-6-2)15-10-14(12(3)4)16-11-17-15/h5-12H,1-4H3/b7-5-,8-6-,13-9+. The van der Waals surface area contributed by atoms with Crippen LogP contribution in [0.15, 0.2) is 42.8 Å². The van der Waals surface area contributed by atoms with Crippen LogP contribution in [-0.4, -0.2) is 9.97 Å². The van der Waals surface area contributed by atoms with Crippen molar-refractivity contribution in [3.8, 4) is 0 Å². The summed E-state index contributed by atoms with van der Waals surface area (Å²) in [5.41, 5.74) is 3.15. The average molecular weight is 228 g/mol. The molecule has 0 saturated heterocycles. The van der Waals surface area contributed by atoms with Crippen LogP contribution in [0, 0.1) is 0 Å². The molecule has 1 rings (SSSR count). The van der Waals surface area contributed by atoms with Gasteiger partial charge in [-0.2, -0.15) is 0 Å². The normalized spacial score (nSPS) is 13.1. The summed E-state index contributed by atoms with van der Waals surface area (Å²) >= 11 is 0. The molecule has 0 aliphatic carbocycles. The summed E-state index contributed by atoms with van der Waals surface area (Å²) in [6.45, 7) is 8.28. The van der Waals surface area contributed by atoms with Gasteiger partial charge in [0.2, 0.25) is 0 Å². The number of nitrogens with zero attached hydrogens (tertiary/aromatic N) is 2. The van der Waals surface area contributed by atoms with Crippen LogP contribution in [0.25, 0.3) is 5.57 Å². The molecule has 2 heteroatoms. The lowest BCUT2D eigenvalue weighted by atomic mass is 10.1. The zero-order chi connectivity index (χ0) is 12.7. The Labute approximate surface area is 104 Å². The number of rotatable bonds is 4. The first kappa shape index (κ1) is 13.4. The highest BCUT2D eigenvalue weighted by Crippen LogP contribution is 2.18. The van der Waals surface area contributed by atoms with Gasteiger partial charge >= 0.3 is 0 Å². The summed E-state index contributed by atoms with van der Waals surface area (Å²) in [4.78, 5) is 8.61. The summed E-state index contributed by atoms with van der Waals surface area (Å²) in [5.74, 6) is 0.422. The predicted molar refractivity (Wildman–Crippen MR) is 73.7 cm³/mol. The molecule has 0 spiro atoms. The SMILES string of the molecule is C\C=C/C=C(\C=C/C)c1cc(C(C)C)ncn1. The maximum absolute atomic E-state index is 4.33. The molecule has 0 unspecified atom stereocenters. The van der Waals surface area contributed by atoms with E-state index in [-0.39, 0.29) is 0 Å². The van der Waals surface area contributed by atoms with Crippen molar-refractivity contribution in [2.24, 2.45) is 0 Å². The van der Waals surface area contributed by atoms with Gasteiger partial charge in [0, 0.05) is 5.69 Å². The molecule has 17 heavy (non-hydrogen) atoms. The third-order valence-corrected chi connectivity index (χ3v) is 2.39. The summed E-state index contributed by atoms with van der Waals surface area (Å²) in [7, 11) is 0. The fourth-order valence-corrected chi connectivity index (χ4v) is 1.45. The molecule has 0 aliphatic heterocycles. The summed E-state index contributed by atoms with van der Waals surface area (Å²) in [6, 6.07) is 2.06. The number of allylic oxidation sites excluding steroid dienone is 6. The Morgan fingerprint density at radius 2 is 1.94 bits per heavy atom. The van der Waals surface area contributed by atoms with Crippen LogP contribution in [0.5, 0.6) is 0 Å². The minimum absolute atomic E-state index is 0.422. The molecule has 0 aliphatic rings. The fraction of sp³-hybridized carbons (Fsp3) is 0.333. The molecule has 0 atom stereocenters. The molecule has 0 bridgehead atoms. The second-order valence-electron chi connectivity index (χ2n) is 4.13. The van der Waals surface area contributed by atoms with Gasteiger partial charge in [-0.25, -0.2) is 9.97 Å². The van der Waals surface area contributed by atoms with E-state index in [1.165, 1.54) is 0 Å². The number of hydrogen-bond acceptors (Lipinski definition) is 2. The summed E-state index contributed by atoms with van der Waals surface area (Å²) < 4.78 is 0. The molecule has 0 N–H and O–H groups in total. The Morgan fingerprint density at radius 3 is 2.53 bits per heavy atom. The molecule has 0 amide bonds. The first-order valence-corrected chi connectivity index (χ1v) is 5.97. The van der Waals surface area contributed by atoms with E-state index in [1.807, 2.05) is 32.1 Å². The van der Waals surface area contributed by atoms with Gasteiger partial charge in [0.1, 0.15) is 6.33 Å². The van der Waals surface area contributed by atoms with Crippen molar-refractivity contribution in [2.45, 2.75) is 33.6 Å². The van der Waals surface area contributed by atoms with Crippen molar-refractivity contribution in [2.75, 3.05) is 0 Å². The van der Waals surface area contributed by atoms with Crippen molar-refractivity contribution in [1.29, 1.82) is 0 Å². The van der Waals surface area contributed by atoms with E-state index in [0.717, 1.165) is 17.0 Å². The molecule has 0 fully saturated rings. The second kappa shape index (κ2) is 6.79. The van der Waals surface area contributed by atoms with Crippen LogP contribution in [0.4, 0.5) is 0 Å². The smallest absolute Gasteiger partial charge is 0.116 e. The van der Waals surface area contributed by atoms with Gasteiger partial charge in [-0.05, 0) is 31.4 Å². The van der Waals surface area contributed by atoms with E-state index in [9.17, 15) is 0 Å². The third-order valence-electron chi connectivity index (χ3n) is 2.39. The molecule has 90 valence electrons. The van der Waals surface area contributed by atoms with Gasteiger partial charge in [-0.3, -0.25) is 0 Å². The maximum Gasteiger partial charge on any atom is 0.116 e. The molecular weight excluding hydrogens is 208 g/mol. The zero-order valence-corrected chi connectivity index (χ0v) is 11.0. The summed E-state index contributed by atoms with van der Waals surface area (Å²) in [5, 5.41) is 0. The Morgan fingerprint density at radius 1 is 1.18 bits per heavy atom. The van der Waals surface area contributed by atoms with Crippen molar-refractivity contribution in [3.63, 3.8) is 0 Å². The van der Waals surface area contributed by atoms with E-state index in [0.29, 0.717) is 5.92 Å². The van der Waals surface area contributed by atoms with Gasteiger partial charge in [0.05, 0.1) is 5.69 Å². The lowest BCUT2D eigenvalue weighted by Gasteiger charge is -2.06. The number of aromatic nitrogens is 2. The van der Waals surface area contributed by atoms with Gasteiger partial charge in [-0.15, -0.1) is 0 Å². The summed E-state index contributed by atoms with van der Waals surface area (Å²) in [6.07, 6.45) is 11.8. The average Bonchev–Trinajstić information content (AvgIpc) is 2.34. The predicted octanol–water partition coefficient (Wildman–Crippen LogP) is 4.14. The highest BCUT2D eigenvalue weighted by atomic mass is 14.8. The molecule has 1 aromatic rings. The molecule has 0 aromatic carbocycles. The van der Waals surface area contributed by atoms with E-state index >= 15 is 0 Å². The highest BCUT2D eigenvalue weighted by Gasteiger charge is 2.04. The third kappa shape index (κ3) is 3.99. The van der Waals surface area contributed by atoms with Crippen LogP contribution >= 0.6 is 0 Å². The number of hydrogen-bond donors (Lipinski definition) is 0. The van der Waals surface area contributed by atoms with Crippen LogP contribution in [0.3, 0.4) is 0 Å². The van der Waals surface area contributed by atoms with Gasteiger partial charge in [0.25, 0.3) is 0 Å². The van der Waals surface area contributed by atoms with E-state index in [4.69, 9.17) is 0 Å². The van der Waals surface area contributed by atoms with Crippen molar-refractivity contribution in [1.82, 2.24) is 9.97 Å². The first-order valence-electron chi connectivity index (χ1n) is 5.97. The van der Waals surface area contributed by atoms with Gasteiger partial charge in [0.15, 0.2) is 0 Å². The Balaban J connectivity index is 3.14. The molecule has 1 heterocycles. The van der Waals surface area contributed by atoms with Crippen LogP contribution in [0.2, 0.25) is 0 Å². The minimum atomic E-state index is 0.422. The largest absolute Gasteiger partial charge is 0.241 e. The fourth-order valence-electron chi connectivity index (χ4n) is 1.45. The first-order chi connectivity index (χ1) is 8.19. The van der Waals surface area contributed by atoms with Gasteiger partial charge < -0.3 is 0 Å². The van der Waals surface area contributed by atoms with E-state index in [2.05, 4.69) is 42.0 Å². The topological polar surface area (TPSA) is 25.8 Å². The Bertz CT molecular complexity index is 440. The lowest BCUT2D eigenvalue weighted by Crippen LogP contribution is -1.96. The van der Waals surface area contributed by atoms with Crippen molar-refractivity contribution in [3.05, 3.63) is 54.2 Å². The second-order valence-corrected chi connectivity index (χ2v) is 4.13. The lowest BCUT2D eigenvalue weighted by molar-refractivity contribution is 0.812. The maximum atomic E-state index is 4.33. The molecule has 0 radical (unpaired) electrons. The molecule has 2 nitrogen and oxygen atoms in total. The van der Waals surface area contributed by atoms with E-state index < -0.39 is 0 Å². The van der Waals surface area contributed by atoms with Crippen LogP contribution in [0.1, 0.15) is 45.0 Å². The van der Waals surface area contributed by atoms with Crippen molar-refractivity contribution >= 4 is 5.57 Å². The van der Waals surface area contributed by atoms with E-state index in [1.54, 1.807) is 6.33 Å². The Hall–Kier alpha value is -1.70. The molecular formula is C15H20N2. The monoisotopic (exact) mass is 228 g/mol. The van der Waals surface area contributed by atoms with Crippen LogP contribution in [-0.2, 0) is 0 Å². The molecule has 1 aromatic heterocycles. The Kier molecular flexibility index (Phi) is 5.34. The molecule has 0 saturated carbocycles.